The maximum atomic E-state index is 12.3. The fourth-order valence-corrected chi connectivity index (χ4v) is 3.36. The summed E-state index contributed by atoms with van der Waals surface area (Å²) in [7, 11) is 1.79. The van der Waals surface area contributed by atoms with Crippen LogP contribution in [0.3, 0.4) is 0 Å². The number of thiazole rings is 1. The molecule has 1 amide bonds. The van der Waals surface area contributed by atoms with Gasteiger partial charge in [-0.1, -0.05) is 0 Å². The van der Waals surface area contributed by atoms with E-state index in [2.05, 4.69) is 20.1 Å². The summed E-state index contributed by atoms with van der Waals surface area (Å²) < 4.78 is 0. The minimum Gasteiger partial charge on any atom is -0.294 e. The topological polar surface area (TPSA) is 65.1 Å². The van der Waals surface area contributed by atoms with Crippen LogP contribution >= 0.6 is 11.3 Å². The van der Waals surface area contributed by atoms with E-state index in [1.807, 2.05) is 11.4 Å². The molecule has 0 radical (unpaired) electrons. The lowest BCUT2D eigenvalue weighted by molar-refractivity contribution is -0.119. The quantitative estimate of drug-likeness (QED) is 0.934. The van der Waals surface area contributed by atoms with Crippen LogP contribution < -0.4 is 4.90 Å². The Balaban J connectivity index is 1.58. The number of nitrogens with zero attached hydrogens (tertiary/aromatic N) is 4. The molecule has 0 aliphatic carbocycles. The van der Waals surface area contributed by atoms with Crippen molar-refractivity contribution in [2.45, 2.75) is 18.8 Å². The van der Waals surface area contributed by atoms with Crippen molar-refractivity contribution in [3.63, 3.8) is 0 Å². The van der Waals surface area contributed by atoms with E-state index in [1.165, 1.54) is 17.0 Å². The van der Waals surface area contributed by atoms with Crippen LogP contribution in [0.2, 0.25) is 0 Å². The summed E-state index contributed by atoms with van der Waals surface area (Å²) in [5.41, 5.74) is 1.17. The predicted octanol–water partition coefficient (Wildman–Crippen LogP) is 1.71. The summed E-state index contributed by atoms with van der Waals surface area (Å²) in [5.74, 6) is 0.537. The van der Waals surface area contributed by atoms with Gasteiger partial charge in [0.15, 0.2) is 5.13 Å². The lowest BCUT2D eigenvalue weighted by atomic mass is 9.95. The van der Waals surface area contributed by atoms with Crippen molar-refractivity contribution in [3.05, 3.63) is 29.5 Å². The van der Waals surface area contributed by atoms with Gasteiger partial charge in [0, 0.05) is 43.0 Å². The molecule has 2 aromatic rings. The molecule has 6 nitrogen and oxygen atoms in total. The van der Waals surface area contributed by atoms with Crippen molar-refractivity contribution in [1.82, 2.24) is 20.1 Å². The number of hydrogen-bond acceptors (Lipinski definition) is 5. The van der Waals surface area contributed by atoms with Gasteiger partial charge in [-0.15, -0.1) is 11.3 Å². The number of likely N-dealkylation sites (tertiary alicyclic amines) is 1. The molecule has 1 saturated heterocycles. The van der Waals surface area contributed by atoms with Gasteiger partial charge in [-0.3, -0.25) is 19.7 Å². The van der Waals surface area contributed by atoms with Crippen LogP contribution in [0.25, 0.3) is 0 Å². The molecule has 0 aromatic carbocycles. The molecule has 3 heterocycles. The lowest BCUT2D eigenvalue weighted by Gasteiger charge is -2.32. The van der Waals surface area contributed by atoms with Crippen molar-refractivity contribution in [2.75, 3.05) is 31.6 Å². The van der Waals surface area contributed by atoms with Gasteiger partial charge in [-0.25, -0.2) is 4.98 Å². The Hall–Kier alpha value is -1.73. The summed E-state index contributed by atoms with van der Waals surface area (Å²) in [6.07, 6.45) is 5.77. The van der Waals surface area contributed by atoms with Crippen molar-refractivity contribution in [2.24, 2.45) is 0 Å². The molecule has 1 atom stereocenters. The van der Waals surface area contributed by atoms with Crippen LogP contribution in [-0.2, 0) is 4.79 Å². The van der Waals surface area contributed by atoms with Gasteiger partial charge in [0.1, 0.15) is 0 Å². The number of rotatable bonds is 4. The first-order valence-electron chi connectivity index (χ1n) is 7.11. The maximum Gasteiger partial charge on any atom is 0.242 e. The van der Waals surface area contributed by atoms with E-state index < -0.39 is 0 Å². The highest BCUT2D eigenvalue weighted by molar-refractivity contribution is 7.13. The van der Waals surface area contributed by atoms with Gasteiger partial charge < -0.3 is 0 Å². The number of carbonyl (C=O) groups excluding carboxylic acids is 1. The number of likely N-dealkylation sites (N-methyl/N-ethyl adjacent to an activating group) is 1. The highest BCUT2D eigenvalue weighted by Gasteiger charge is 2.25. The highest BCUT2D eigenvalue weighted by atomic mass is 32.1. The Morgan fingerprint density at radius 2 is 2.48 bits per heavy atom. The molecule has 0 spiro atoms. The van der Waals surface area contributed by atoms with Crippen molar-refractivity contribution >= 4 is 22.4 Å². The fourth-order valence-electron chi connectivity index (χ4n) is 2.73. The average molecular weight is 305 g/mol. The molecule has 1 fully saturated rings. The van der Waals surface area contributed by atoms with E-state index in [0.29, 0.717) is 12.5 Å². The molecule has 0 saturated carbocycles. The molecular formula is C14H19N5OS. The Morgan fingerprint density at radius 3 is 3.19 bits per heavy atom. The number of H-pyrrole nitrogens is 1. The second-order valence-electron chi connectivity index (χ2n) is 5.35. The number of aromatic nitrogens is 3. The van der Waals surface area contributed by atoms with Gasteiger partial charge in [0.05, 0.1) is 6.54 Å². The molecule has 112 valence electrons. The van der Waals surface area contributed by atoms with Crippen LogP contribution in [0.4, 0.5) is 5.13 Å². The van der Waals surface area contributed by atoms with Crippen LogP contribution in [0.1, 0.15) is 24.5 Å². The number of aromatic amines is 1. The standard InChI is InChI=1S/C14H19N5OS/c1-18(14-15-6-8-21-14)13(20)10-19-7-2-3-11(9-19)12-4-5-16-17-12/h4-6,8,11H,2-3,7,9-10H2,1H3,(H,16,17)/t11-/m1/s1. The molecule has 0 unspecified atom stereocenters. The van der Waals surface area contributed by atoms with Gasteiger partial charge >= 0.3 is 0 Å². The van der Waals surface area contributed by atoms with Gasteiger partial charge in [0.25, 0.3) is 0 Å². The number of amides is 1. The van der Waals surface area contributed by atoms with Crippen LogP contribution in [0.5, 0.6) is 0 Å². The van der Waals surface area contributed by atoms with E-state index in [1.54, 1.807) is 24.3 Å². The fraction of sp³-hybridized carbons (Fsp3) is 0.500. The molecule has 1 aliphatic rings. The number of piperidine rings is 1. The number of hydrogen-bond donors (Lipinski definition) is 1. The predicted molar refractivity (Wildman–Crippen MR) is 82.5 cm³/mol. The smallest absolute Gasteiger partial charge is 0.242 e. The second kappa shape index (κ2) is 6.36. The summed E-state index contributed by atoms with van der Waals surface area (Å²) in [6, 6.07) is 2.03. The largest absolute Gasteiger partial charge is 0.294 e. The molecule has 21 heavy (non-hydrogen) atoms. The third-order valence-electron chi connectivity index (χ3n) is 3.91. The minimum absolute atomic E-state index is 0.0928. The zero-order valence-electron chi connectivity index (χ0n) is 12.0. The van der Waals surface area contributed by atoms with Gasteiger partial charge in [-0.05, 0) is 25.5 Å². The number of nitrogens with one attached hydrogen (secondary N) is 1. The lowest BCUT2D eigenvalue weighted by Crippen LogP contribution is -2.42. The van der Waals surface area contributed by atoms with E-state index in [9.17, 15) is 4.79 Å². The molecule has 2 aromatic heterocycles. The monoisotopic (exact) mass is 305 g/mol. The van der Waals surface area contributed by atoms with Crippen LogP contribution in [0, 0.1) is 0 Å². The van der Waals surface area contributed by atoms with E-state index in [4.69, 9.17) is 0 Å². The highest BCUT2D eigenvalue weighted by Crippen LogP contribution is 2.25. The van der Waals surface area contributed by atoms with Crippen molar-refractivity contribution < 1.29 is 4.79 Å². The first-order valence-corrected chi connectivity index (χ1v) is 7.99. The maximum absolute atomic E-state index is 12.3. The van der Waals surface area contributed by atoms with Gasteiger partial charge in [-0.2, -0.15) is 5.10 Å². The van der Waals surface area contributed by atoms with E-state index in [0.717, 1.165) is 31.1 Å². The zero-order chi connectivity index (χ0) is 14.7. The number of anilines is 1. The molecule has 1 aliphatic heterocycles. The van der Waals surface area contributed by atoms with Crippen LogP contribution in [-0.4, -0.2) is 52.7 Å². The summed E-state index contributed by atoms with van der Waals surface area (Å²) in [4.78, 5) is 20.4. The molecule has 3 rings (SSSR count). The number of carbonyl (C=O) groups is 1. The summed E-state index contributed by atoms with van der Waals surface area (Å²) in [6.45, 7) is 2.32. The molecular weight excluding hydrogens is 286 g/mol. The Kier molecular flexibility index (Phi) is 4.31. The van der Waals surface area contributed by atoms with E-state index >= 15 is 0 Å². The van der Waals surface area contributed by atoms with Gasteiger partial charge in [0.2, 0.25) is 5.91 Å². The van der Waals surface area contributed by atoms with Crippen LogP contribution in [0.15, 0.2) is 23.8 Å². The normalized spacial score (nSPS) is 19.6. The molecule has 7 heteroatoms. The SMILES string of the molecule is CN(C(=O)CN1CCC[C@@H](c2ccn[nH]2)C1)c1nccs1. The Morgan fingerprint density at radius 1 is 1.57 bits per heavy atom. The first kappa shape index (κ1) is 14.2. The molecule has 0 bridgehead atoms. The Bertz CT molecular complexity index is 568. The third kappa shape index (κ3) is 3.30. The summed E-state index contributed by atoms with van der Waals surface area (Å²) >= 11 is 1.48. The molecule has 1 N–H and O–H groups in total. The third-order valence-corrected chi connectivity index (χ3v) is 4.75. The van der Waals surface area contributed by atoms with Crippen molar-refractivity contribution in [3.8, 4) is 0 Å². The minimum atomic E-state index is 0.0928. The second-order valence-corrected chi connectivity index (χ2v) is 6.23. The van der Waals surface area contributed by atoms with E-state index in [-0.39, 0.29) is 5.91 Å². The average Bonchev–Trinajstić information content (AvgIpc) is 3.20. The van der Waals surface area contributed by atoms with Crippen molar-refractivity contribution in [1.29, 1.82) is 0 Å². The Labute approximate surface area is 127 Å². The first-order chi connectivity index (χ1) is 10.2. The summed E-state index contributed by atoms with van der Waals surface area (Å²) in [5, 5.41) is 9.70. The zero-order valence-corrected chi connectivity index (χ0v) is 12.8.